The molecule has 0 unspecified atom stereocenters. The first-order valence-corrected chi connectivity index (χ1v) is 5.94. The number of hydrogen-bond donors (Lipinski definition) is 0. The smallest absolute Gasteiger partial charge is 0.0279 e. The highest BCUT2D eigenvalue weighted by molar-refractivity contribution is 9.14. The maximum absolute atomic E-state index is 3.49. The van der Waals surface area contributed by atoms with E-state index in [-0.39, 0.29) is 0 Å². The summed E-state index contributed by atoms with van der Waals surface area (Å²) in [6.45, 7) is 8.44. The van der Waals surface area contributed by atoms with Crippen LogP contribution in [-0.4, -0.2) is 0 Å². The number of halogens is 2. The molecule has 2 heteroatoms. The first-order chi connectivity index (χ1) is 5.61. The van der Waals surface area contributed by atoms with Crippen LogP contribution in [-0.2, 0) is 0 Å². The van der Waals surface area contributed by atoms with Crippen LogP contribution in [0.2, 0.25) is 0 Å². The van der Waals surface area contributed by atoms with Crippen LogP contribution in [0, 0.1) is 5.92 Å². The van der Waals surface area contributed by atoms with Crippen molar-refractivity contribution >= 4 is 31.9 Å². The predicted molar refractivity (Wildman–Crippen MR) is 63.8 cm³/mol. The Labute approximate surface area is 92.4 Å². The zero-order chi connectivity index (χ0) is 9.72. The van der Waals surface area contributed by atoms with Gasteiger partial charge >= 0.3 is 0 Å². The molecule has 0 radical (unpaired) electrons. The van der Waals surface area contributed by atoms with Gasteiger partial charge in [-0.2, -0.15) is 0 Å². The normalized spacial score (nSPS) is 16.1. The molecule has 0 aromatic carbocycles. The standard InChI is InChI=1S/C8H10Br2.C2H6/c1-5(2)6-3-7(9)8(10)4-6;1-2/h3,5H,4H2,1-2H3;1-2H3. The van der Waals surface area contributed by atoms with E-state index < -0.39 is 0 Å². The Kier molecular flexibility index (Phi) is 6.20. The molecule has 0 amide bonds. The average Bonchev–Trinajstić information content (AvgIpc) is 2.36. The van der Waals surface area contributed by atoms with Crippen LogP contribution in [0.1, 0.15) is 34.1 Å². The van der Waals surface area contributed by atoms with E-state index in [9.17, 15) is 0 Å². The molecule has 1 rings (SSSR count). The summed E-state index contributed by atoms with van der Waals surface area (Å²) in [5, 5.41) is 0. The van der Waals surface area contributed by atoms with E-state index in [1.165, 1.54) is 14.5 Å². The van der Waals surface area contributed by atoms with Crippen molar-refractivity contribution in [1.82, 2.24) is 0 Å². The lowest BCUT2D eigenvalue weighted by Crippen LogP contribution is -1.89. The minimum atomic E-state index is 0.669. The second-order valence-corrected chi connectivity index (χ2v) is 4.62. The van der Waals surface area contributed by atoms with E-state index in [4.69, 9.17) is 0 Å². The van der Waals surface area contributed by atoms with Crippen molar-refractivity contribution < 1.29 is 0 Å². The van der Waals surface area contributed by atoms with Gasteiger partial charge in [-0.15, -0.1) is 0 Å². The highest BCUT2D eigenvalue weighted by Gasteiger charge is 2.13. The SMILES string of the molecule is CC.CC(C)C1=CC(Br)=C(Br)C1. The van der Waals surface area contributed by atoms with Crippen molar-refractivity contribution in [3.8, 4) is 0 Å². The Morgan fingerprint density at radius 1 is 1.25 bits per heavy atom. The summed E-state index contributed by atoms with van der Waals surface area (Å²) in [4.78, 5) is 0. The molecule has 0 spiro atoms. The van der Waals surface area contributed by atoms with E-state index in [1.54, 1.807) is 0 Å². The van der Waals surface area contributed by atoms with Gasteiger partial charge in [0.1, 0.15) is 0 Å². The number of hydrogen-bond acceptors (Lipinski definition) is 0. The summed E-state index contributed by atoms with van der Waals surface area (Å²) in [7, 11) is 0. The van der Waals surface area contributed by atoms with Gasteiger partial charge in [0, 0.05) is 15.4 Å². The second kappa shape index (κ2) is 5.98. The van der Waals surface area contributed by atoms with Crippen LogP contribution < -0.4 is 0 Å². The molecule has 1 aliphatic carbocycles. The summed E-state index contributed by atoms with van der Waals surface area (Å²) < 4.78 is 2.48. The monoisotopic (exact) mass is 294 g/mol. The highest BCUT2D eigenvalue weighted by Crippen LogP contribution is 2.36. The lowest BCUT2D eigenvalue weighted by atomic mass is 10.0. The van der Waals surface area contributed by atoms with E-state index in [0.29, 0.717) is 5.92 Å². The Morgan fingerprint density at radius 2 is 1.75 bits per heavy atom. The maximum atomic E-state index is 3.49. The summed E-state index contributed by atoms with van der Waals surface area (Å²) in [6.07, 6.45) is 3.28. The van der Waals surface area contributed by atoms with Crippen molar-refractivity contribution in [1.29, 1.82) is 0 Å². The van der Waals surface area contributed by atoms with E-state index >= 15 is 0 Å². The summed E-state index contributed by atoms with van der Waals surface area (Å²) in [5.74, 6) is 0.669. The molecule has 0 heterocycles. The fourth-order valence-electron chi connectivity index (χ4n) is 0.927. The zero-order valence-corrected chi connectivity index (χ0v) is 11.3. The molecular formula is C10H16Br2. The molecule has 0 nitrogen and oxygen atoms in total. The second-order valence-electron chi connectivity index (χ2n) is 2.80. The third kappa shape index (κ3) is 3.44. The molecule has 0 aromatic rings. The lowest BCUT2D eigenvalue weighted by molar-refractivity contribution is 0.752. The minimum Gasteiger partial charge on any atom is -0.0683 e. The van der Waals surface area contributed by atoms with E-state index in [1.807, 2.05) is 13.8 Å². The molecule has 1 aliphatic rings. The van der Waals surface area contributed by atoms with Crippen LogP contribution >= 0.6 is 31.9 Å². The van der Waals surface area contributed by atoms with E-state index in [2.05, 4.69) is 51.8 Å². The minimum absolute atomic E-state index is 0.669. The molecular weight excluding hydrogens is 280 g/mol. The molecule has 0 atom stereocenters. The third-order valence-electron chi connectivity index (χ3n) is 1.67. The maximum Gasteiger partial charge on any atom is 0.0279 e. The molecule has 0 aromatic heterocycles. The predicted octanol–water partition coefficient (Wildman–Crippen LogP) is 5.00. The molecule has 0 saturated heterocycles. The quantitative estimate of drug-likeness (QED) is 0.638. The van der Waals surface area contributed by atoms with Crippen molar-refractivity contribution in [3.05, 3.63) is 20.6 Å². The molecule has 12 heavy (non-hydrogen) atoms. The first kappa shape index (κ1) is 12.4. The van der Waals surface area contributed by atoms with Crippen molar-refractivity contribution in [2.45, 2.75) is 34.1 Å². The average molecular weight is 296 g/mol. The topological polar surface area (TPSA) is 0 Å². The molecule has 0 saturated carbocycles. The van der Waals surface area contributed by atoms with Crippen LogP contribution in [0.5, 0.6) is 0 Å². The largest absolute Gasteiger partial charge is 0.0683 e. The van der Waals surface area contributed by atoms with Crippen LogP contribution in [0.3, 0.4) is 0 Å². The number of rotatable bonds is 1. The molecule has 0 aliphatic heterocycles. The first-order valence-electron chi connectivity index (χ1n) is 4.36. The van der Waals surface area contributed by atoms with Gasteiger partial charge in [-0.25, -0.2) is 0 Å². The van der Waals surface area contributed by atoms with Gasteiger partial charge in [-0.3, -0.25) is 0 Å². The molecule has 70 valence electrons. The van der Waals surface area contributed by atoms with E-state index in [0.717, 1.165) is 6.42 Å². The molecule has 0 N–H and O–H groups in total. The van der Waals surface area contributed by atoms with Gasteiger partial charge in [0.15, 0.2) is 0 Å². The Bertz CT molecular complexity index is 200. The van der Waals surface area contributed by atoms with Gasteiger partial charge in [-0.05, 0) is 27.9 Å². The Hall–Kier alpha value is 0.440. The molecule has 0 bridgehead atoms. The summed E-state index contributed by atoms with van der Waals surface area (Å²) >= 11 is 6.96. The van der Waals surface area contributed by atoms with Gasteiger partial charge in [0.25, 0.3) is 0 Å². The number of allylic oxidation sites excluding steroid dienone is 4. The van der Waals surface area contributed by atoms with Gasteiger partial charge < -0.3 is 0 Å². The third-order valence-corrected chi connectivity index (χ3v) is 3.62. The van der Waals surface area contributed by atoms with Crippen LogP contribution in [0.25, 0.3) is 0 Å². The van der Waals surface area contributed by atoms with Gasteiger partial charge in [-0.1, -0.05) is 49.2 Å². The Balaban J connectivity index is 0.000000561. The fourth-order valence-corrected chi connectivity index (χ4v) is 1.80. The highest BCUT2D eigenvalue weighted by atomic mass is 79.9. The van der Waals surface area contributed by atoms with Gasteiger partial charge in [0.2, 0.25) is 0 Å². The van der Waals surface area contributed by atoms with Crippen LogP contribution in [0.4, 0.5) is 0 Å². The Morgan fingerprint density at radius 3 is 1.92 bits per heavy atom. The van der Waals surface area contributed by atoms with Gasteiger partial charge in [0.05, 0.1) is 0 Å². The van der Waals surface area contributed by atoms with Crippen molar-refractivity contribution in [3.63, 3.8) is 0 Å². The van der Waals surface area contributed by atoms with Crippen LogP contribution in [0.15, 0.2) is 20.6 Å². The fraction of sp³-hybridized carbons (Fsp3) is 0.600. The summed E-state index contributed by atoms with van der Waals surface area (Å²) in [6, 6.07) is 0. The summed E-state index contributed by atoms with van der Waals surface area (Å²) in [5.41, 5.74) is 1.50. The lowest BCUT2D eigenvalue weighted by Gasteiger charge is -2.03. The zero-order valence-electron chi connectivity index (χ0n) is 8.12. The van der Waals surface area contributed by atoms with Crippen molar-refractivity contribution in [2.24, 2.45) is 5.92 Å². The molecule has 0 fully saturated rings. The van der Waals surface area contributed by atoms with Crippen molar-refractivity contribution in [2.75, 3.05) is 0 Å².